The van der Waals surface area contributed by atoms with Crippen molar-refractivity contribution >= 4 is 27.7 Å². The fourth-order valence-electron chi connectivity index (χ4n) is 2.51. The molecule has 1 saturated heterocycles. The summed E-state index contributed by atoms with van der Waals surface area (Å²) in [6, 6.07) is 4.71. The molecule has 0 unspecified atom stereocenters. The smallest absolute Gasteiger partial charge is 0.245 e. The maximum absolute atomic E-state index is 13.7. The van der Waals surface area contributed by atoms with Gasteiger partial charge in [0.25, 0.3) is 0 Å². The number of benzene rings is 1. The molecule has 1 heterocycles. The molecule has 0 saturated carbocycles. The van der Waals surface area contributed by atoms with Gasteiger partial charge in [-0.3, -0.25) is 9.59 Å². The molecule has 1 aromatic carbocycles. The summed E-state index contributed by atoms with van der Waals surface area (Å²) in [7, 11) is 0. The van der Waals surface area contributed by atoms with Crippen LogP contribution in [0.25, 0.3) is 0 Å². The first-order chi connectivity index (χ1) is 10.5. The molecule has 2 amide bonds. The molecular weight excluding hydrogens is 351 g/mol. The number of nitrogens with one attached hydrogen (secondary N) is 1. The van der Waals surface area contributed by atoms with E-state index >= 15 is 0 Å². The van der Waals surface area contributed by atoms with Gasteiger partial charge in [0, 0.05) is 35.6 Å². The van der Waals surface area contributed by atoms with E-state index in [2.05, 4.69) is 27.8 Å². The van der Waals surface area contributed by atoms with Gasteiger partial charge in [-0.05, 0) is 31.1 Å². The normalized spacial score (nSPS) is 15.5. The SMILES string of the molecule is C=CC(=O)N1CCC(C(=O)NCc2c(F)cccc2Br)CC1. The molecule has 1 aliphatic heterocycles. The van der Waals surface area contributed by atoms with Gasteiger partial charge in [-0.25, -0.2) is 4.39 Å². The summed E-state index contributed by atoms with van der Waals surface area (Å²) < 4.78 is 14.3. The number of hydrogen-bond acceptors (Lipinski definition) is 2. The van der Waals surface area contributed by atoms with E-state index in [1.165, 1.54) is 12.1 Å². The number of likely N-dealkylation sites (tertiary alicyclic amines) is 1. The van der Waals surface area contributed by atoms with Crippen LogP contribution < -0.4 is 5.32 Å². The van der Waals surface area contributed by atoms with Crippen LogP contribution in [-0.4, -0.2) is 29.8 Å². The van der Waals surface area contributed by atoms with Crippen LogP contribution >= 0.6 is 15.9 Å². The predicted octanol–water partition coefficient (Wildman–Crippen LogP) is 2.63. The first-order valence-electron chi connectivity index (χ1n) is 7.15. The molecule has 1 fully saturated rings. The average Bonchev–Trinajstić information content (AvgIpc) is 2.53. The molecule has 0 radical (unpaired) electrons. The summed E-state index contributed by atoms with van der Waals surface area (Å²) >= 11 is 3.28. The van der Waals surface area contributed by atoms with E-state index < -0.39 is 0 Å². The van der Waals surface area contributed by atoms with Crippen LogP contribution in [0.3, 0.4) is 0 Å². The minimum absolute atomic E-state index is 0.0964. The van der Waals surface area contributed by atoms with Crippen LogP contribution in [0.5, 0.6) is 0 Å². The van der Waals surface area contributed by atoms with E-state index in [0.717, 1.165) is 0 Å². The molecule has 1 N–H and O–H groups in total. The molecular formula is C16H18BrFN2O2. The lowest BCUT2D eigenvalue weighted by Gasteiger charge is -2.30. The number of carbonyl (C=O) groups excluding carboxylic acids is 2. The third-order valence-electron chi connectivity index (χ3n) is 3.85. The van der Waals surface area contributed by atoms with Crippen LogP contribution in [0, 0.1) is 11.7 Å². The Morgan fingerprint density at radius 2 is 2.09 bits per heavy atom. The minimum Gasteiger partial charge on any atom is -0.352 e. The molecule has 1 aromatic rings. The highest BCUT2D eigenvalue weighted by atomic mass is 79.9. The molecule has 1 aliphatic rings. The van der Waals surface area contributed by atoms with Gasteiger partial charge in [-0.2, -0.15) is 0 Å². The molecule has 118 valence electrons. The van der Waals surface area contributed by atoms with Gasteiger partial charge in [0.15, 0.2) is 0 Å². The van der Waals surface area contributed by atoms with E-state index in [1.54, 1.807) is 17.0 Å². The quantitative estimate of drug-likeness (QED) is 0.830. The summed E-state index contributed by atoms with van der Waals surface area (Å²) in [5, 5.41) is 2.78. The van der Waals surface area contributed by atoms with Crippen molar-refractivity contribution in [2.75, 3.05) is 13.1 Å². The predicted molar refractivity (Wildman–Crippen MR) is 85.4 cm³/mol. The summed E-state index contributed by atoms with van der Waals surface area (Å²) in [4.78, 5) is 25.3. The number of piperidine rings is 1. The lowest BCUT2D eigenvalue weighted by molar-refractivity contribution is -0.132. The number of hydrogen-bond donors (Lipinski definition) is 1. The second-order valence-electron chi connectivity index (χ2n) is 5.22. The van der Waals surface area contributed by atoms with Gasteiger partial charge >= 0.3 is 0 Å². The average molecular weight is 369 g/mol. The van der Waals surface area contributed by atoms with Crippen molar-refractivity contribution < 1.29 is 14.0 Å². The van der Waals surface area contributed by atoms with Crippen molar-refractivity contribution in [2.24, 2.45) is 5.92 Å². The molecule has 0 bridgehead atoms. The zero-order valence-electron chi connectivity index (χ0n) is 12.1. The Morgan fingerprint density at radius 3 is 2.68 bits per heavy atom. The largest absolute Gasteiger partial charge is 0.352 e. The number of amides is 2. The topological polar surface area (TPSA) is 49.4 Å². The maximum atomic E-state index is 13.7. The zero-order valence-corrected chi connectivity index (χ0v) is 13.7. The number of nitrogens with zero attached hydrogens (tertiary/aromatic N) is 1. The monoisotopic (exact) mass is 368 g/mol. The Bertz CT molecular complexity index is 563. The highest BCUT2D eigenvalue weighted by Crippen LogP contribution is 2.21. The molecule has 0 aliphatic carbocycles. The van der Waals surface area contributed by atoms with Crippen LogP contribution in [-0.2, 0) is 16.1 Å². The Labute approximate surface area is 137 Å². The summed E-state index contributed by atoms with van der Waals surface area (Å²) in [5.41, 5.74) is 0.440. The lowest BCUT2D eigenvalue weighted by atomic mass is 9.95. The second kappa shape index (κ2) is 7.54. The molecule has 0 spiro atoms. The Hall–Kier alpha value is -1.69. The highest BCUT2D eigenvalue weighted by molar-refractivity contribution is 9.10. The minimum atomic E-state index is -0.346. The van der Waals surface area contributed by atoms with Crippen LogP contribution in [0.4, 0.5) is 4.39 Å². The second-order valence-corrected chi connectivity index (χ2v) is 6.08. The van der Waals surface area contributed by atoms with E-state index in [-0.39, 0.29) is 30.1 Å². The molecule has 4 nitrogen and oxygen atoms in total. The molecule has 0 atom stereocenters. The number of carbonyl (C=O) groups is 2. The van der Waals surface area contributed by atoms with Crippen LogP contribution in [0.1, 0.15) is 18.4 Å². The Balaban J connectivity index is 1.86. The van der Waals surface area contributed by atoms with Gasteiger partial charge in [0.05, 0.1) is 0 Å². The van der Waals surface area contributed by atoms with Crippen LogP contribution in [0.2, 0.25) is 0 Å². The van der Waals surface area contributed by atoms with Crippen molar-refractivity contribution in [3.63, 3.8) is 0 Å². The Morgan fingerprint density at radius 1 is 1.41 bits per heavy atom. The van der Waals surface area contributed by atoms with Crippen molar-refractivity contribution in [2.45, 2.75) is 19.4 Å². The molecule has 22 heavy (non-hydrogen) atoms. The standard InChI is InChI=1S/C16H18BrFN2O2/c1-2-15(21)20-8-6-11(7-9-20)16(22)19-10-12-13(17)4-3-5-14(12)18/h2-5,11H,1,6-10H2,(H,19,22). The van der Waals surface area contributed by atoms with Crippen molar-refractivity contribution in [3.8, 4) is 0 Å². The van der Waals surface area contributed by atoms with Crippen molar-refractivity contribution in [1.29, 1.82) is 0 Å². The third kappa shape index (κ3) is 3.94. The zero-order chi connectivity index (χ0) is 16.1. The van der Waals surface area contributed by atoms with Gasteiger partial charge in [0.1, 0.15) is 5.82 Å². The molecule has 6 heteroatoms. The molecule has 2 rings (SSSR count). The van der Waals surface area contributed by atoms with Gasteiger partial charge in [-0.1, -0.05) is 28.6 Å². The highest BCUT2D eigenvalue weighted by Gasteiger charge is 2.26. The summed E-state index contributed by atoms with van der Waals surface area (Å²) in [6.45, 7) is 4.71. The van der Waals surface area contributed by atoms with Gasteiger partial charge < -0.3 is 10.2 Å². The van der Waals surface area contributed by atoms with Gasteiger partial charge in [-0.15, -0.1) is 0 Å². The van der Waals surface area contributed by atoms with E-state index in [4.69, 9.17) is 0 Å². The fraction of sp³-hybridized carbons (Fsp3) is 0.375. The number of halogens is 2. The lowest BCUT2D eigenvalue weighted by Crippen LogP contribution is -2.42. The first kappa shape index (κ1) is 16.7. The van der Waals surface area contributed by atoms with Crippen LogP contribution in [0.15, 0.2) is 35.3 Å². The summed E-state index contributed by atoms with van der Waals surface area (Å²) in [6.07, 6.45) is 2.52. The van der Waals surface area contributed by atoms with Gasteiger partial charge in [0.2, 0.25) is 11.8 Å². The molecule has 0 aromatic heterocycles. The fourth-order valence-corrected chi connectivity index (χ4v) is 2.99. The van der Waals surface area contributed by atoms with E-state index in [1.807, 2.05) is 0 Å². The van der Waals surface area contributed by atoms with E-state index in [0.29, 0.717) is 36.0 Å². The van der Waals surface area contributed by atoms with Crippen molar-refractivity contribution in [3.05, 3.63) is 46.7 Å². The summed E-state index contributed by atoms with van der Waals surface area (Å²) in [5.74, 6) is -0.685. The maximum Gasteiger partial charge on any atom is 0.245 e. The third-order valence-corrected chi connectivity index (χ3v) is 4.60. The van der Waals surface area contributed by atoms with E-state index in [9.17, 15) is 14.0 Å². The number of rotatable bonds is 4. The first-order valence-corrected chi connectivity index (χ1v) is 7.94. The van der Waals surface area contributed by atoms with Crippen molar-refractivity contribution in [1.82, 2.24) is 10.2 Å². The Kier molecular flexibility index (Phi) is 5.71.